The van der Waals surface area contributed by atoms with Crippen molar-refractivity contribution >= 4 is 5.91 Å². The highest BCUT2D eigenvalue weighted by atomic mass is 16.5. The summed E-state index contributed by atoms with van der Waals surface area (Å²) in [5, 5.41) is 8.66. The van der Waals surface area contributed by atoms with Crippen LogP contribution in [0.1, 0.15) is 26.3 Å². The first kappa shape index (κ1) is 13.3. The summed E-state index contributed by atoms with van der Waals surface area (Å²) in [6.45, 7) is 6.92. The molecule has 19 heavy (non-hydrogen) atoms. The number of pyridine rings is 1. The molecular weight excluding hydrogens is 242 g/mol. The molecule has 1 amide bonds. The third kappa shape index (κ3) is 3.02. The molecule has 2 rings (SSSR count). The van der Waals surface area contributed by atoms with Crippen molar-refractivity contribution < 1.29 is 9.53 Å². The summed E-state index contributed by atoms with van der Waals surface area (Å²) in [5.41, 5.74) is 0.156. The number of hydrogen-bond donors (Lipinski definition) is 0. The Balaban J connectivity index is 1.85. The van der Waals surface area contributed by atoms with Crippen molar-refractivity contribution in [2.75, 3.05) is 13.1 Å². The Morgan fingerprint density at radius 1 is 1.47 bits per heavy atom. The van der Waals surface area contributed by atoms with Gasteiger partial charge in [0.05, 0.1) is 18.7 Å². The summed E-state index contributed by atoms with van der Waals surface area (Å²) >= 11 is 0. The highest BCUT2D eigenvalue weighted by Gasteiger charge is 2.37. The lowest BCUT2D eigenvalue weighted by molar-refractivity contribution is -0.148. The molecule has 0 bridgehead atoms. The first-order chi connectivity index (χ1) is 8.90. The normalized spacial score (nSPS) is 15.6. The van der Waals surface area contributed by atoms with Crippen LogP contribution in [0, 0.1) is 16.7 Å². The van der Waals surface area contributed by atoms with Gasteiger partial charge >= 0.3 is 0 Å². The Morgan fingerprint density at radius 3 is 2.63 bits per heavy atom. The lowest BCUT2D eigenvalue weighted by Gasteiger charge is -2.41. The SMILES string of the molecule is CC(C)(C)C(=O)N1CC(Oc2ccc(C#N)cn2)C1. The minimum absolute atomic E-state index is 0.00765. The molecule has 0 aromatic carbocycles. The van der Waals surface area contributed by atoms with Crippen LogP contribution in [0.2, 0.25) is 0 Å². The van der Waals surface area contributed by atoms with E-state index in [0.717, 1.165) is 0 Å². The van der Waals surface area contributed by atoms with Crippen LogP contribution in [-0.4, -0.2) is 35.0 Å². The van der Waals surface area contributed by atoms with Crippen LogP contribution < -0.4 is 4.74 Å². The van der Waals surface area contributed by atoms with Gasteiger partial charge in [0.2, 0.25) is 11.8 Å². The number of likely N-dealkylation sites (tertiary alicyclic amines) is 1. The van der Waals surface area contributed by atoms with Crippen molar-refractivity contribution in [2.24, 2.45) is 5.41 Å². The Bertz CT molecular complexity index is 505. The second-order valence-corrected chi connectivity index (χ2v) is 5.70. The van der Waals surface area contributed by atoms with E-state index in [1.807, 2.05) is 26.8 Å². The third-order valence-corrected chi connectivity index (χ3v) is 2.93. The molecule has 2 heterocycles. The standard InChI is InChI=1S/C14H17N3O2/c1-14(2,3)13(18)17-8-11(9-17)19-12-5-4-10(6-15)7-16-12/h4-5,7,11H,8-9H2,1-3H3. The molecule has 100 valence electrons. The molecule has 0 N–H and O–H groups in total. The summed E-state index contributed by atoms with van der Waals surface area (Å²) in [5.74, 6) is 0.631. The number of amides is 1. The Morgan fingerprint density at radius 2 is 2.16 bits per heavy atom. The van der Waals surface area contributed by atoms with Crippen molar-refractivity contribution in [3.8, 4) is 11.9 Å². The molecule has 0 atom stereocenters. The van der Waals surface area contributed by atoms with E-state index in [-0.39, 0.29) is 17.4 Å². The predicted molar refractivity (Wildman–Crippen MR) is 69.4 cm³/mol. The molecule has 1 aromatic rings. The van der Waals surface area contributed by atoms with E-state index in [1.54, 1.807) is 17.0 Å². The number of hydrogen-bond acceptors (Lipinski definition) is 4. The topological polar surface area (TPSA) is 66.2 Å². The smallest absolute Gasteiger partial charge is 0.228 e. The number of ether oxygens (including phenoxy) is 1. The Kier molecular flexibility index (Phi) is 3.43. The minimum atomic E-state index is -0.350. The molecule has 0 spiro atoms. The number of nitrogens with zero attached hydrogens (tertiary/aromatic N) is 3. The molecule has 0 aliphatic carbocycles. The minimum Gasteiger partial charge on any atom is -0.471 e. The van der Waals surface area contributed by atoms with E-state index >= 15 is 0 Å². The summed E-state index contributed by atoms with van der Waals surface area (Å²) in [6, 6.07) is 5.34. The highest BCUT2D eigenvalue weighted by Crippen LogP contribution is 2.23. The van der Waals surface area contributed by atoms with Crippen LogP contribution in [0.3, 0.4) is 0 Å². The monoisotopic (exact) mass is 259 g/mol. The predicted octanol–water partition coefficient (Wildman–Crippen LogP) is 1.59. The van der Waals surface area contributed by atoms with Crippen molar-refractivity contribution in [3.05, 3.63) is 23.9 Å². The van der Waals surface area contributed by atoms with Crippen LogP contribution in [0.25, 0.3) is 0 Å². The van der Waals surface area contributed by atoms with Gasteiger partial charge in [-0.25, -0.2) is 4.98 Å². The van der Waals surface area contributed by atoms with E-state index in [4.69, 9.17) is 10.00 Å². The van der Waals surface area contributed by atoms with Crippen molar-refractivity contribution in [3.63, 3.8) is 0 Å². The van der Waals surface area contributed by atoms with E-state index in [0.29, 0.717) is 24.5 Å². The van der Waals surface area contributed by atoms with Gasteiger partial charge in [-0.05, 0) is 6.07 Å². The van der Waals surface area contributed by atoms with Crippen LogP contribution >= 0.6 is 0 Å². The van der Waals surface area contributed by atoms with E-state index in [9.17, 15) is 4.79 Å². The maximum Gasteiger partial charge on any atom is 0.228 e. The van der Waals surface area contributed by atoms with E-state index in [2.05, 4.69) is 4.98 Å². The van der Waals surface area contributed by atoms with Gasteiger partial charge < -0.3 is 9.64 Å². The number of rotatable bonds is 2. The van der Waals surface area contributed by atoms with Crippen LogP contribution in [0.15, 0.2) is 18.3 Å². The lowest BCUT2D eigenvalue weighted by atomic mass is 9.93. The molecule has 0 radical (unpaired) electrons. The zero-order chi connectivity index (χ0) is 14.0. The van der Waals surface area contributed by atoms with Crippen molar-refractivity contribution in [1.29, 1.82) is 5.26 Å². The summed E-state index contributed by atoms with van der Waals surface area (Å²) in [6.07, 6.45) is 1.47. The fraction of sp³-hybridized carbons (Fsp3) is 0.500. The van der Waals surface area contributed by atoms with Gasteiger partial charge in [-0.3, -0.25) is 4.79 Å². The van der Waals surface area contributed by atoms with Gasteiger partial charge in [0, 0.05) is 17.7 Å². The van der Waals surface area contributed by atoms with Gasteiger partial charge in [0.25, 0.3) is 0 Å². The average molecular weight is 259 g/mol. The molecule has 1 aliphatic heterocycles. The van der Waals surface area contributed by atoms with Crippen LogP contribution in [0.4, 0.5) is 0 Å². The molecule has 0 saturated carbocycles. The molecule has 1 aliphatic rings. The van der Waals surface area contributed by atoms with Crippen LogP contribution in [0.5, 0.6) is 5.88 Å². The molecule has 5 heteroatoms. The Hall–Kier alpha value is -2.09. The molecule has 0 unspecified atom stereocenters. The fourth-order valence-electron chi connectivity index (χ4n) is 1.84. The third-order valence-electron chi connectivity index (χ3n) is 2.93. The van der Waals surface area contributed by atoms with Gasteiger partial charge in [0.15, 0.2) is 0 Å². The fourth-order valence-corrected chi connectivity index (χ4v) is 1.84. The number of nitriles is 1. The van der Waals surface area contributed by atoms with Gasteiger partial charge in [-0.2, -0.15) is 5.26 Å². The van der Waals surface area contributed by atoms with Crippen LogP contribution in [-0.2, 0) is 4.79 Å². The van der Waals surface area contributed by atoms with Crippen molar-refractivity contribution in [1.82, 2.24) is 9.88 Å². The quantitative estimate of drug-likeness (QED) is 0.809. The summed E-state index contributed by atoms with van der Waals surface area (Å²) < 4.78 is 5.63. The second-order valence-electron chi connectivity index (χ2n) is 5.70. The van der Waals surface area contributed by atoms with E-state index < -0.39 is 0 Å². The highest BCUT2D eigenvalue weighted by molar-refractivity contribution is 5.82. The maximum absolute atomic E-state index is 11.9. The molecule has 1 fully saturated rings. The molecule has 5 nitrogen and oxygen atoms in total. The number of carbonyl (C=O) groups is 1. The van der Waals surface area contributed by atoms with Gasteiger partial charge in [-0.15, -0.1) is 0 Å². The first-order valence-corrected chi connectivity index (χ1v) is 6.22. The zero-order valence-corrected chi connectivity index (χ0v) is 11.4. The number of aromatic nitrogens is 1. The average Bonchev–Trinajstić information content (AvgIpc) is 2.32. The summed E-state index contributed by atoms with van der Waals surface area (Å²) in [7, 11) is 0. The number of carbonyl (C=O) groups excluding carboxylic acids is 1. The molecule has 1 saturated heterocycles. The lowest BCUT2D eigenvalue weighted by Crippen LogP contribution is -2.58. The maximum atomic E-state index is 11.9. The molecule has 1 aromatic heterocycles. The summed E-state index contributed by atoms with van der Waals surface area (Å²) in [4.78, 5) is 17.8. The Labute approximate surface area is 112 Å². The first-order valence-electron chi connectivity index (χ1n) is 6.22. The molecular formula is C14H17N3O2. The largest absolute Gasteiger partial charge is 0.471 e. The van der Waals surface area contributed by atoms with E-state index in [1.165, 1.54) is 6.20 Å². The zero-order valence-electron chi connectivity index (χ0n) is 11.4. The second kappa shape index (κ2) is 4.88. The van der Waals surface area contributed by atoms with Gasteiger partial charge in [-0.1, -0.05) is 20.8 Å². The van der Waals surface area contributed by atoms with Gasteiger partial charge in [0.1, 0.15) is 12.2 Å². The van der Waals surface area contributed by atoms with Crippen molar-refractivity contribution in [2.45, 2.75) is 26.9 Å².